The first kappa shape index (κ1) is 26.2. The summed E-state index contributed by atoms with van der Waals surface area (Å²) in [7, 11) is 0. The third-order valence-electron chi connectivity index (χ3n) is 6.98. The van der Waals surface area contributed by atoms with Gasteiger partial charge in [-0.3, -0.25) is 14.6 Å². The second-order valence-corrected chi connectivity index (χ2v) is 9.61. The van der Waals surface area contributed by atoms with Gasteiger partial charge in [0.1, 0.15) is 24.2 Å². The molecule has 5 rings (SSSR count). The SMILES string of the molecule is N#Cc1cc(-c2ccnc(NC(=O)[C@@H]3C[C@H]3c3cccnc3)c2)ccc1O[C@H]1CCN(C(=O)CO)CC1(F)F. The first-order valence-electron chi connectivity index (χ1n) is 12.4. The fourth-order valence-electron chi connectivity index (χ4n) is 4.78. The Morgan fingerprint density at radius 3 is 2.74 bits per heavy atom. The number of aliphatic hydroxyl groups excluding tert-OH is 1. The number of alkyl halides is 2. The van der Waals surface area contributed by atoms with Crippen LogP contribution in [-0.2, 0) is 9.59 Å². The van der Waals surface area contributed by atoms with Crippen LogP contribution in [0.5, 0.6) is 5.75 Å². The molecule has 0 bridgehead atoms. The van der Waals surface area contributed by atoms with Gasteiger partial charge in [0.15, 0.2) is 6.10 Å². The zero-order chi connectivity index (χ0) is 27.6. The Balaban J connectivity index is 1.27. The smallest absolute Gasteiger partial charge is 0.301 e. The van der Waals surface area contributed by atoms with Gasteiger partial charge < -0.3 is 20.1 Å². The van der Waals surface area contributed by atoms with Crippen molar-refractivity contribution in [2.75, 3.05) is 25.0 Å². The topological polar surface area (TPSA) is 128 Å². The molecule has 2 amide bonds. The number of anilines is 1. The number of aliphatic hydroxyl groups is 1. The molecule has 0 spiro atoms. The minimum absolute atomic E-state index is 0.00520. The van der Waals surface area contributed by atoms with E-state index in [2.05, 4.69) is 15.3 Å². The minimum atomic E-state index is -3.36. The molecule has 3 aromatic rings. The molecule has 9 nitrogen and oxygen atoms in total. The van der Waals surface area contributed by atoms with Crippen LogP contribution in [0.25, 0.3) is 11.1 Å². The summed E-state index contributed by atoms with van der Waals surface area (Å²) in [5, 5.41) is 21.5. The summed E-state index contributed by atoms with van der Waals surface area (Å²) < 4.78 is 34.9. The second-order valence-electron chi connectivity index (χ2n) is 9.61. The minimum Gasteiger partial charge on any atom is -0.483 e. The molecule has 0 unspecified atom stereocenters. The summed E-state index contributed by atoms with van der Waals surface area (Å²) in [6.45, 7) is -1.70. The molecule has 3 heterocycles. The fraction of sp³-hybridized carbons (Fsp3) is 0.321. The Morgan fingerprint density at radius 2 is 2.03 bits per heavy atom. The molecule has 1 aromatic carbocycles. The van der Waals surface area contributed by atoms with Gasteiger partial charge in [0.2, 0.25) is 11.8 Å². The number of benzene rings is 1. The zero-order valence-corrected chi connectivity index (χ0v) is 20.8. The number of hydrogen-bond acceptors (Lipinski definition) is 7. The molecular formula is C28H25F2N5O4. The van der Waals surface area contributed by atoms with Gasteiger partial charge in [-0.15, -0.1) is 0 Å². The third kappa shape index (κ3) is 5.71. The van der Waals surface area contributed by atoms with Crippen molar-refractivity contribution >= 4 is 17.6 Å². The Bertz CT molecular complexity index is 1430. The maximum absolute atomic E-state index is 14.7. The summed E-state index contributed by atoms with van der Waals surface area (Å²) in [6.07, 6.45) is 4.04. The van der Waals surface area contributed by atoms with E-state index in [1.807, 2.05) is 18.2 Å². The van der Waals surface area contributed by atoms with Gasteiger partial charge in [0, 0.05) is 37.5 Å². The average molecular weight is 534 g/mol. The summed E-state index contributed by atoms with van der Waals surface area (Å²) in [5.74, 6) is -3.93. The van der Waals surface area contributed by atoms with Crippen LogP contribution in [0.15, 0.2) is 61.1 Å². The van der Waals surface area contributed by atoms with Crippen molar-refractivity contribution < 1.29 is 28.2 Å². The lowest BCUT2D eigenvalue weighted by Crippen LogP contribution is -2.55. The van der Waals surface area contributed by atoms with E-state index < -0.39 is 31.1 Å². The molecule has 39 heavy (non-hydrogen) atoms. The Labute approximate surface area is 223 Å². The van der Waals surface area contributed by atoms with Gasteiger partial charge in [-0.2, -0.15) is 5.26 Å². The predicted octanol–water partition coefficient (Wildman–Crippen LogP) is 3.36. The first-order chi connectivity index (χ1) is 18.8. The van der Waals surface area contributed by atoms with Crippen molar-refractivity contribution in [3.05, 3.63) is 72.2 Å². The van der Waals surface area contributed by atoms with Crippen molar-refractivity contribution in [3.8, 4) is 22.9 Å². The summed E-state index contributed by atoms with van der Waals surface area (Å²) in [6, 6.07) is 13.8. The van der Waals surface area contributed by atoms with Crippen molar-refractivity contribution in [2.24, 2.45) is 5.92 Å². The van der Waals surface area contributed by atoms with Crippen LogP contribution in [-0.4, -0.2) is 63.5 Å². The van der Waals surface area contributed by atoms with E-state index in [-0.39, 0.29) is 42.0 Å². The van der Waals surface area contributed by atoms with Gasteiger partial charge in [-0.25, -0.2) is 13.8 Å². The number of nitrogens with zero attached hydrogens (tertiary/aromatic N) is 4. The number of ether oxygens (including phenoxy) is 1. The van der Waals surface area contributed by atoms with Gasteiger partial charge in [-0.05, 0) is 59.4 Å². The molecule has 1 aliphatic carbocycles. The standard InChI is InChI=1S/C28H25F2N5O4/c29-28(30)16-35(26(37)15-36)9-6-24(28)39-23-4-3-17(10-20(23)13-31)18-5-8-33-25(11-18)34-27(38)22-12-21(22)19-2-1-7-32-14-19/h1-5,7-8,10-11,14,21-22,24,36H,6,9,12,15-16H2,(H,33,34,38)/t21-,22+,24-/m0/s1. The number of hydrogen-bond donors (Lipinski definition) is 2. The van der Waals surface area contributed by atoms with Gasteiger partial charge in [0.25, 0.3) is 0 Å². The monoisotopic (exact) mass is 533 g/mol. The maximum atomic E-state index is 14.7. The van der Waals surface area contributed by atoms with Crippen LogP contribution in [0.2, 0.25) is 0 Å². The molecule has 0 radical (unpaired) electrons. The number of aromatic nitrogens is 2. The third-order valence-corrected chi connectivity index (χ3v) is 6.98. The molecule has 11 heteroatoms. The van der Waals surface area contributed by atoms with Crippen LogP contribution in [0.3, 0.4) is 0 Å². The van der Waals surface area contributed by atoms with Gasteiger partial charge in [-0.1, -0.05) is 12.1 Å². The van der Waals surface area contributed by atoms with Crippen LogP contribution in [0.4, 0.5) is 14.6 Å². The van der Waals surface area contributed by atoms with E-state index in [1.54, 1.807) is 30.6 Å². The van der Waals surface area contributed by atoms with Crippen LogP contribution >= 0.6 is 0 Å². The molecule has 1 aliphatic heterocycles. The van der Waals surface area contributed by atoms with Crippen molar-refractivity contribution in [1.82, 2.24) is 14.9 Å². The number of likely N-dealkylation sites (tertiary alicyclic amines) is 1. The van der Waals surface area contributed by atoms with E-state index in [9.17, 15) is 23.6 Å². The molecule has 2 N–H and O–H groups in total. The normalized spacial score (nSPS) is 21.5. The number of rotatable bonds is 7. The number of halogens is 2. The average Bonchev–Trinajstić information content (AvgIpc) is 3.76. The number of pyridine rings is 2. The number of nitriles is 1. The van der Waals surface area contributed by atoms with E-state index in [0.29, 0.717) is 16.9 Å². The highest BCUT2D eigenvalue weighted by Crippen LogP contribution is 2.47. The molecule has 2 aromatic heterocycles. The summed E-state index contributed by atoms with van der Waals surface area (Å²) >= 11 is 0. The number of nitrogens with one attached hydrogen (secondary N) is 1. The lowest BCUT2D eigenvalue weighted by atomic mass is 10.0. The highest BCUT2D eigenvalue weighted by molar-refractivity contribution is 5.95. The largest absolute Gasteiger partial charge is 0.483 e. The second kappa shape index (κ2) is 10.7. The van der Waals surface area contributed by atoms with Crippen LogP contribution < -0.4 is 10.1 Å². The number of amides is 2. The van der Waals surface area contributed by atoms with E-state index in [4.69, 9.17) is 9.84 Å². The fourth-order valence-corrected chi connectivity index (χ4v) is 4.78. The highest BCUT2D eigenvalue weighted by atomic mass is 19.3. The molecule has 2 fully saturated rings. The Morgan fingerprint density at radius 1 is 1.21 bits per heavy atom. The Kier molecular flexibility index (Phi) is 7.21. The lowest BCUT2D eigenvalue weighted by Gasteiger charge is -2.38. The van der Waals surface area contributed by atoms with Crippen molar-refractivity contribution in [3.63, 3.8) is 0 Å². The first-order valence-corrected chi connectivity index (χ1v) is 12.4. The van der Waals surface area contributed by atoms with Crippen LogP contribution in [0, 0.1) is 17.2 Å². The molecule has 2 aliphatic rings. The predicted molar refractivity (Wildman–Crippen MR) is 136 cm³/mol. The molecule has 3 atom stereocenters. The molecule has 1 saturated heterocycles. The van der Waals surface area contributed by atoms with Crippen LogP contribution in [0.1, 0.15) is 29.9 Å². The number of carbonyl (C=O) groups is 2. The van der Waals surface area contributed by atoms with E-state index >= 15 is 0 Å². The van der Waals surface area contributed by atoms with E-state index in [1.165, 1.54) is 18.3 Å². The summed E-state index contributed by atoms with van der Waals surface area (Å²) in [4.78, 5) is 33.6. The van der Waals surface area contributed by atoms with Crippen molar-refractivity contribution in [2.45, 2.75) is 30.8 Å². The lowest BCUT2D eigenvalue weighted by molar-refractivity contribution is -0.161. The number of carbonyl (C=O) groups excluding carboxylic acids is 2. The molecular weight excluding hydrogens is 508 g/mol. The van der Waals surface area contributed by atoms with E-state index in [0.717, 1.165) is 16.9 Å². The molecule has 200 valence electrons. The number of piperidine rings is 1. The van der Waals surface area contributed by atoms with Gasteiger partial charge >= 0.3 is 5.92 Å². The van der Waals surface area contributed by atoms with Gasteiger partial charge in [0.05, 0.1) is 12.1 Å². The van der Waals surface area contributed by atoms with Crippen molar-refractivity contribution in [1.29, 1.82) is 5.26 Å². The zero-order valence-electron chi connectivity index (χ0n) is 20.8. The Hall–Kier alpha value is -4.43. The quantitative estimate of drug-likeness (QED) is 0.477. The highest BCUT2D eigenvalue weighted by Gasteiger charge is 2.48. The maximum Gasteiger partial charge on any atom is 0.301 e. The molecule has 1 saturated carbocycles. The summed E-state index contributed by atoms with van der Waals surface area (Å²) in [5.41, 5.74) is 2.38.